The minimum atomic E-state index is -0.359. The van der Waals surface area contributed by atoms with Crippen molar-refractivity contribution in [2.45, 2.75) is 25.7 Å². The highest BCUT2D eigenvalue weighted by molar-refractivity contribution is 6.30. The van der Waals surface area contributed by atoms with E-state index in [2.05, 4.69) is 27.2 Å². The molecule has 0 aliphatic carbocycles. The third kappa shape index (κ3) is 3.62. The molecule has 7 heteroatoms. The zero-order valence-electron chi connectivity index (χ0n) is 15.9. The standard InChI is InChI=1S/C21H22ClFN4O/c1-12-9-17(16(23)11-15(12)13-4-7-27(2)8-5-13)25-20-19-14(10-18(22)26-20)3-6-24-21(19)28/h3,6,9-11,13H,4-5,7-8H2,1-2H3,(H,24,28)(H,25,26). The molecule has 0 radical (unpaired) electrons. The third-order valence-electron chi connectivity index (χ3n) is 5.49. The monoisotopic (exact) mass is 400 g/mol. The second-order valence-electron chi connectivity index (χ2n) is 7.46. The smallest absolute Gasteiger partial charge is 0.259 e. The topological polar surface area (TPSA) is 61.0 Å². The number of halogens is 2. The lowest BCUT2D eigenvalue weighted by atomic mass is 9.86. The number of likely N-dealkylation sites (tertiary alicyclic amines) is 1. The van der Waals surface area contributed by atoms with Gasteiger partial charge in [-0.3, -0.25) is 4.79 Å². The fraction of sp³-hybridized carbons (Fsp3) is 0.333. The van der Waals surface area contributed by atoms with E-state index in [0.29, 0.717) is 16.7 Å². The van der Waals surface area contributed by atoms with E-state index in [9.17, 15) is 9.18 Å². The first-order valence-electron chi connectivity index (χ1n) is 9.36. The number of hydrogen-bond acceptors (Lipinski definition) is 4. The van der Waals surface area contributed by atoms with Crippen molar-refractivity contribution >= 4 is 33.9 Å². The van der Waals surface area contributed by atoms with Crippen molar-refractivity contribution in [3.63, 3.8) is 0 Å². The number of benzene rings is 1. The first-order valence-corrected chi connectivity index (χ1v) is 9.73. The van der Waals surface area contributed by atoms with Crippen LogP contribution in [0.5, 0.6) is 0 Å². The van der Waals surface area contributed by atoms with Crippen LogP contribution in [0, 0.1) is 12.7 Å². The molecule has 28 heavy (non-hydrogen) atoms. The van der Waals surface area contributed by atoms with Gasteiger partial charge in [0.05, 0.1) is 11.1 Å². The van der Waals surface area contributed by atoms with Crippen molar-refractivity contribution < 1.29 is 4.39 Å². The second kappa shape index (κ2) is 7.53. The highest BCUT2D eigenvalue weighted by Crippen LogP contribution is 2.34. The van der Waals surface area contributed by atoms with Gasteiger partial charge in [0, 0.05) is 6.20 Å². The van der Waals surface area contributed by atoms with E-state index in [1.165, 1.54) is 0 Å². The molecule has 3 aromatic rings. The zero-order valence-corrected chi connectivity index (χ0v) is 16.6. The summed E-state index contributed by atoms with van der Waals surface area (Å²) < 4.78 is 14.9. The van der Waals surface area contributed by atoms with Crippen molar-refractivity contribution in [2.24, 2.45) is 0 Å². The van der Waals surface area contributed by atoms with Crippen LogP contribution in [0.2, 0.25) is 5.15 Å². The minimum Gasteiger partial charge on any atom is -0.337 e. The number of aryl methyl sites for hydroxylation is 1. The number of fused-ring (bicyclic) bond motifs is 1. The van der Waals surface area contributed by atoms with E-state index >= 15 is 0 Å². The van der Waals surface area contributed by atoms with Gasteiger partial charge < -0.3 is 15.2 Å². The first kappa shape index (κ1) is 18.9. The van der Waals surface area contributed by atoms with Crippen molar-refractivity contribution in [3.05, 3.63) is 62.9 Å². The van der Waals surface area contributed by atoms with E-state index in [4.69, 9.17) is 11.6 Å². The molecule has 0 amide bonds. The lowest BCUT2D eigenvalue weighted by Crippen LogP contribution is -2.29. The number of pyridine rings is 2. The molecular weight excluding hydrogens is 379 g/mol. The molecule has 1 saturated heterocycles. The lowest BCUT2D eigenvalue weighted by Gasteiger charge is -2.30. The van der Waals surface area contributed by atoms with Gasteiger partial charge in [0.1, 0.15) is 16.8 Å². The highest BCUT2D eigenvalue weighted by atomic mass is 35.5. The molecule has 0 unspecified atom stereocenters. The number of nitrogens with zero attached hydrogens (tertiary/aromatic N) is 2. The van der Waals surface area contributed by atoms with Crippen LogP contribution in [0.4, 0.5) is 15.9 Å². The molecule has 4 rings (SSSR count). The molecular formula is C21H22ClFN4O. The summed E-state index contributed by atoms with van der Waals surface area (Å²) in [5.74, 6) is 0.254. The largest absolute Gasteiger partial charge is 0.337 e. The van der Waals surface area contributed by atoms with Crippen LogP contribution < -0.4 is 10.9 Å². The van der Waals surface area contributed by atoms with Gasteiger partial charge in [-0.05, 0) is 86.6 Å². The maximum atomic E-state index is 14.9. The third-order valence-corrected chi connectivity index (χ3v) is 5.68. The van der Waals surface area contributed by atoms with Crippen LogP contribution in [-0.4, -0.2) is 35.0 Å². The molecule has 0 atom stereocenters. The Morgan fingerprint density at radius 3 is 2.79 bits per heavy atom. The average molecular weight is 401 g/mol. The molecule has 1 aliphatic rings. The van der Waals surface area contributed by atoms with Gasteiger partial charge in [0.2, 0.25) is 0 Å². The summed E-state index contributed by atoms with van der Waals surface area (Å²) in [7, 11) is 2.11. The Bertz CT molecular complexity index is 1090. The van der Waals surface area contributed by atoms with Crippen LogP contribution in [0.1, 0.15) is 29.9 Å². The second-order valence-corrected chi connectivity index (χ2v) is 7.84. The van der Waals surface area contributed by atoms with Crippen molar-refractivity contribution in [1.82, 2.24) is 14.9 Å². The van der Waals surface area contributed by atoms with Gasteiger partial charge in [-0.15, -0.1) is 0 Å². The summed E-state index contributed by atoms with van der Waals surface area (Å²) in [6, 6.07) is 6.75. The molecule has 0 bridgehead atoms. The number of H-pyrrole nitrogens is 1. The first-order chi connectivity index (χ1) is 13.4. The molecule has 0 saturated carbocycles. The Morgan fingerprint density at radius 2 is 2.04 bits per heavy atom. The van der Waals surface area contributed by atoms with E-state index in [1.807, 2.05) is 6.92 Å². The van der Waals surface area contributed by atoms with Crippen LogP contribution in [-0.2, 0) is 0 Å². The summed E-state index contributed by atoms with van der Waals surface area (Å²) in [6.07, 6.45) is 3.60. The van der Waals surface area contributed by atoms with Gasteiger partial charge in [-0.1, -0.05) is 11.6 Å². The molecule has 5 nitrogen and oxygen atoms in total. The van der Waals surface area contributed by atoms with Gasteiger partial charge in [-0.2, -0.15) is 0 Å². The number of rotatable bonds is 3. The van der Waals surface area contributed by atoms with Crippen LogP contribution >= 0.6 is 11.6 Å². The lowest BCUT2D eigenvalue weighted by molar-refractivity contribution is 0.255. The maximum Gasteiger partial charge on any atom is 0.259 e. The fourth-order valence-corrected chi connectivity index (χ4v) is 4.15. The average Bonchev–Trinajstić information content (AvgIpc) is 2.65. The van der Waals surface area contributed by atoms with E-state index < -0.39 is 0 Å². The zero-order chi connectivity index (χ0) is 19.8. The quantitative estimate of drug-likeness (QED) is 0.632. The number of piperidine rings is 1. The predicted octanol–water partition coefficient (Wildman–Crippen LogP) is 4.58. The summed E-state index contributed by atoms with van der Waals surface area (Å²) in [5, 5.41) is 4.21. The van der Waals surface area contributed by atoms with E-state index in [0.717, 1.165) is 37.1 Å². The van der Waals surface area contributed by atoms with Gasteiger partial charge in [0.25, 0.3) is 5.56 Å². The number of aromatic amines is 1. The van der Waals surface area contributed by atoms with Gasteiger partial charge in [0.15, 0.2) is 0 Å². The molecule has 1 aromatic carbocycles. The Hall–Kier alpha value is -2.44. The van der Waals surface area contributed by atoms with Gasteiger partial charge >= 0.3 is 0 Å². The van der Waals surface area contributed by atoms with E-state index in [-0.39, 0.29) is 28.0 Å². The molecule has 2 N–H and O–H groups in total. The number of aromatic nitrogens is 2. The molecule has 3 heterocycles. The van der Waals surface area contributed by atoms with Crippen LogP contribution in [0.25, 0.3) is 10.8 Å². The summed E-state index contributed by atoms with van der Waals surface area (Å²) >= 11 is 6.09. The molecule has 1 fully saturated rings. The fourth-order valence-electron chi connectivity index (χ4n) is 3.95. The summed E-state index contributed by atoms with van der Waals surface area (Å²) in [5.41, 5.74) is 2.06. The Morgan fingerprint density at radius 1 is 1.29 bits per heavy atom. The molecule has 1 aliphatic heterocycles. The van der Waals surface area contributed by atoms with Crippen LogP contribution in [0.15, 0.2) is 35.3 Å². The highest BCUT2D eigenvalue weighted by Gasteiger charge is 2.22. The SMILES string of the molecule is Cc1cc(Nc2nc(Cl)cc3cc[nH]c(=O)c23)c(F)cc1C1CCN(C)CC1. The normalized spacial score (nSPS) is 15.9. The van der Waals surface area contributed by atoms with Crippen LogP contribution in [0.3, 0.4) is 0 Å². The number of anilines is 2. The molecule has 0 spiro atoms. The summed E-state index contributed by atoms with van der Waals surface area (Å²) in [4.78, 5) is 21.4. The number of hydrogen-bond donors (Lipinski definition) is 2. The van der Waals surface area contributed by atoms with Crippen molar-refractivity contribution in [1.29, 1.82) is 0 Å². The van der Waals surface area contributed by atoms with Gasteiger partial charge in [-0.25, -0.2) is 9.37 Å². The summed E-state index contributed by atoms with van der Waals surface area (Å²) in [6.45, 7) is 4.04. The Kier molecular flexibility index (Phi) is 5.08. The Balaban J connectivity index is 1.71. The number of nitrogens with one attached hydrogen (secondary N) is 2. The minimum absolute atomic E-state index is 0.237. The molecule has 146 valence electrons. The predicted molar refractivity (Wildman–Crippen MR) is 111 cm³/mol. The maximum absolute atomic E-state index is 14.9. The molecule has 2 aromatic heterocycles. The van der Waals surface area contributed by atoms with E-state index in [1.54, 1.807) is 30.5 Å². The van der Waals surface area contributed by atoms with Crippen molar-refractivity contribution in [3.8, 4) is 0 Å². The Labute approximate surface area is 167 Å². The van der Waals surface area contributed by atoms with Crippen molar-refractivity contribution in [2.75, 3.05) is 25.5 Å².